The zero-order chi connectivity index (χ0) is 12.4. The predicted octanol–water partition coefficient (Wildman–Crippen LogP) is 0.532. The fourth-order valence-electron chi connectivity index (χ4n) is 1.88. The standard InChI is InChI=1S/C12H16N2O3/c1-2-14(9-6-13-7-9)12(17)8-3-4-10(15)11(16)5-8/h3-5,9,13,15-16H,2,6-7H2,1H3. The van der Waals surface area contributed by atoms with E-state index in [2.05, 4.69) is 5.32 Å². The average Bonchev–Trinajstić information content (AvgIpc) is 2.26. The number of aromatic hydroxyl groups is 2. The molecule has 92 valence electrons. The van der Waals surface area contributed by atoms with Crippen molar-refractivity contribution in [3.63, 3.8) is 0 Å². The molecule has 1 aromatic carbocycles. The van der Waals surface area contributed by atoms with Gasteiger partial charge in [0.1, 0.15) is 0 Å². The van der Waals surface area contributed by atoms with E-state index in [0.29, 0.717) is 12.1 Å². The second kappa shape index (κ2) is 4.63. The van der Waals surface area contributed by atoms with E-state index in [9.17, 15) is 15.0 Å². The van der Waals surface area contributed by atoms with Crippen molar-refractivity contribution in [3.05, 3.63) is 23.8 Å². The highest BCUT2D eigenvalue weighted by molar-refractivity contribution is 5.95. The lowest BCUT2D eigenvalue weighted by atomic mass is 10.1. The molecule has 0 aliphatic carbocycles. The second-order valence-corrected chi connectivity index (χ2v) is 4.11. The molecule has 0 aromatic heterocycles. The van der Waals surface area contributed by atoms with E-state index in [0.717, 1.165) is 13.1 Å². The SMILES string of the molecule is CCN(C(=O)c1ccc(O)c(O)c1)C1CNC1. The molecule has 0 bridgehead atoms. The van der Waals surface area contributed by atoms with E-state index in [1.807, 2.05) is 6.92 Å². The van der Waals surface area contributed by atoms with Crippen LogP contribution in [-0.2, 0) is 0 Å². The van der Waals surface area contributed by atoms with Gasteiger partial charge in [-0.05, 0) is 25.1 Å². The van der Waals surface area contributed by atoms with Crippen LogP contribution in [0.4, 0.5) is 0 Å². The van der Waals surface area contributed by atoms with Gasteiger partial charge in [-0.15, -0.1) is 0 Å². The first-order valence-electron chi connectivity index (χ1n) is 5.67. The summed E-state index contributed by atoms with van der Waals surface area (Å²) in [5, 5.41) is 21.7. The molecule has 5 nitrogen and oxygen atoms in total. The molecular weight excluding hydrogens is 220 g/mol. The van der Waals surface area contributed by atoms with Crippen molar-refractivity contribution in [2.45, 2.75) is 13.0 Å². The van der Waals surface area contributed by atoms with E-state index in [4.69, 9.17) is 0 Å². The highest BCUT2D eigenvalue weighted by atomic mass is 16.3. The Bertz CT molecular complexity index is 430. The molecule has 17 heavy (non-hydrogen) atoms. The van der Waals surface area contributed by atoms with Crippen molar-refractivity contribution in [3.8, 4) is 11.5 Å². The monoisotopic (exact) mass is 236 g/mol. The van der Waals surface area contributed by atoms with E-state index >= 15 is 0 Å². The largest absolute Gasteiger partial charge is 0.504 e. The molecule has 2 rings (SSSR count). The topological polar surface area (TPSA) is 72.8 Å². The summed E-state index contributed by atoms with van der Waals surface area (Å²) in [6.45, 7) is 4.18. The summed E-state index contributed by atoms with van der Waals surface area (Å²) in [7, 11) is 0. The van der Waals surface area contributed by atoms with Gasteiger partial charge in [0.2, 0.25) is 0 Å². The number of carbonyl (C=O) groups is 1. The maximum atomic E-state index is 12.2. The van der Waals surface area contributed by atoms with E-state index in [1.165, 1.54) is 18.2 Å². The van der Waals surface area contributed by atoms with Crippen molar-refractivity contribution < 1.29 is 15.0 Å². The number of likely N-dealkylation sites (N-methyl/N-ethyl adjacent to an activating group) is 1. The fourth-order valence-corrected chi connectivity index (χ4v) is 1.88. The van der Waals surface area contributed by atoms with Crippen LogP contribution < -0.4 is 5.32 Å². The van der Waals surface area contributed by atoms with Crippen molar-refractivity contribution in [2.75, 3.05) is 19.6 Å². The summed E-state index contributed by atoms with van der Waals surface area (Å²) in [6, 6.07) is 4.37. The molecule has 1 heterocycles. The molecule has 5 heteroatoms. The Hall–Kier alpha value is -1.75. The first-order valence-corrected chi connectivity index (χ1v) is 5.67. The minimum absolute atomic E-state index is 0.116. The molecular formula is C12H16N2O3. The Balaban J connectivity index is 2.19. The summed E-state index contributed by atoms with van der Waals surface area (Å²) >= 11 is 0. The number of amides is 1. The van der Waals surface area contributed by atoms with Crippen molar-refractivity contribution in [1.82, 2.24) is 10.2 Å². The first-order chi connectivity index (χ1) is 8.13. The van der Waals surface area contributed by atoms with Crippen molar-refractivity contribution in [1.29, 1.82) is 0 Å². The molecule has 1 fully saturated rings. The molecule has 1 aliphatic rings. The number of nitrogens with zero attached hydrogens (tertiary/aromatic N) is 1. The fraction of sp³-hybridized carbons (Fsp3) is 0.417. The number of phenolic OH excluding ortho intramolecular Hbond substituents is 2. The molecule has 0 saturated carbocycles. The number of hydrogen-bond donors (Lipinski definition) is 3. The van der Waals surface area contributed by atoms with Crippen LogP contribution in [0.3, 0.4) is 0 Å². The molecule has 0 unspecified atom stereocenters. The van der Waals surface area contributed by atoms with Gasteiger partial charge >= 0.3 is 0 Å². The van der Waals surface area contributed by atoms with Crippen LogP contribution in [0.25, 0.3) is 0 Å². The van der Waals surface area contributed by atoms with Crippen molar-refractivity contribution in [2.24, 2.45) is 0 Å². The lowest BCUT2D eigenvalue weighted by molar-refractivity contribution is 0.0630. The van der Waals surface area contributed by atoms with Gasteiger partial charge in [-0.25, -0.2) is 0 Å². The Kier molecular flexibility index (Phi) is 3.19. The number of phenols is 2. The van der Waals surface area contributed by atoms with Crippen LogP contribution in [-0.4, -0.2) is 46.7 Å². The van der Waals surface area contributed by atoms with Crippen LogP contribution in [0.15, 0.2) is 18.2 Å². The number of rotatable bonds is 3. The minimum atomic E-state index is -0.265. The third kappa shape index (κ3) is 2.19. The first kappa shape index (κ1) is 11.7. The minimum Gasteiger partial charge on any atom is -0.504 e. The second-order valence-electron chi connectivity index (χ2n) is 4.11. The summed E-state index contributed by atoms with van der Waals surface area (Å²) in [5.74, 6) is -0.595. The number of benzene rings is 1. The summed E-state index contributed by atoms with van der Waals surface area (Å²) < 4.78 is 0. The summed E-state index contributed by atoms with van der Waals surface area (Å²) in [6.07, 6.45) is 0. The molecule has 3 N–H and O–H groups in total. The van der Waals surface area contributed by atoms with Gasteiger partial charge in [-0.2, -0.15) is 0 Å². The molecule has 1 aliphatic heterocycles. The molecule has 1 aromatic rings. The Morgan fingerprint density at radius 2 is 2.12 bits per heavy atom. The lowest BCUT2D eigenvalue weighted by Gasteiger charge is -2.37. The normalized spacial score (nSPS) is 15.4. The number of hydrogen-bond acceptors (Lipinski definition) is 4. The van der Waals surface area contributed by atoms with E-state index < -0.39 is 0 Å². The Morgan fingerprint density at radius 1 is 1.41 bits per heavy atom. The van der Waals surface area contributed by atoms with Crippen LogP contribution in [0, 0.1) is 0 Å². The number of carbonyl (C=O) groups excluding carboxylic acids is 1. The van der Waals surface area contributed by atoms with Crippen LogP contribution in [0.5, 0.6) is 11.5 Å². The van der Waals surface area contributed by atoms with Crippen LogP contribution in [0.1, 0.15) is 17.3 Å². The van der Waals surface area contributed by atoms with E-state index in [-0.39, 0.29) is 23.4 Å². The lowest BCUT2D eigenvalue weighted by Crippen LogP contribution is -2.58. The highest BCUT2D eigenvalue weighted by Gasteiger charge is 2.28. The zero-order valence-corrected chi connectivity index (χ0v) is 9.68. The maximum Gasteiger partial charge on any atom is 0.254 e. The van der Waals surface area contributed by atoms with Gasteiger partial charge in [-0.1, -0.05) is 0 Å². The predicted molar refractivity (Wildman–Crippen MR) is 63.1 cm³/mol. The van der Waals surface area contributed by atoms with Gasteiger partial charge in [0.15, 0.2) is 11.5 Å². The summed E-state index contributed by atoms with van der Waals surface area (Å²) in [5.41, 5.74) is 0.397. The van der Waals surface area contributed by atoms with Crippen LogP contribution >= 0.6 is 0 Å². The van der Waals surface area contributed by atoms with Gasteiger partial charge in [0.05, 0.1) is 6.04 Å². The summed E-state index contributed by atoms with van der Waals surface area (Å²) in [4.78, 5) is 13.9. The van der Waals surface area contributed by atoms with Gasteiger partial charge in [-0.3, -0.25) is 4.79 Å². The maximum absolute atomic E-state index is 12.2. The quantitative estimate of drug-likeness (QED) is 0.669. The molecule has 1 saturated heterocycles. The van der Waals surface area contributed by atoms with Gasteiger partial charge < -0.3 is 20.4 Å². The van der Waals surface area contributed by atoms with Crippen LogP contribution in [0.2, 0.25) is 0 Å². The Labute approximate surface area is 99.7 Å². The van der Waals surface area contributed by atoms with E-state index in [1.54, 1.807) is 4.90 Å². The molecule has 0 atom stereocenters. The molecule has 1 amide bonds. The smallest absolute Gasteiger partial charge is 0.254 e. The van der Waals surface area contributed by atoms with Crippen molar-refractivity contribution >= 4 is 5.91 Å². The average molecular weight is 236 g/mol. The number of nitrogens with one attached hydrogen (secondary N) is 1. The molecule has 0 radical (unpaired) electrons. The molecule has 0 spiro atoms. The van der Waals surface area contributed by atoms with Gasteiger partial charge in [0.25, 0.3) is 5.91 Å². The van der Waals surface area contributed by atoms with Gasteiger partial charge in [0, 0.05) is 25.2 Å². The Morgan fingerprint density at radius 3 is 2.59 bits per heavy atom. The highest BCUT2D eigenvalue weighted by Crippen LogP contribution is 2.25. The third-order valence-corrected chi connectivity index (χ3v) is 3.02. The third-order valence-electron chi connectivity index (χ3n) is 3.02. The zero-order valence-electron chi connectivity index (χ0n) is 9.68.